The monoisotopic (exact) mass is 359 g/mol. The maximum atomic E-state index is 12.7. The number of amides is 1. The van der Waals surface area contributed by atoms with Crippen molar-refractivity contribution < 1.29 is 9.53 Å². The van der Waals surface area contributed by atoms with Crippen LogP contribution in [-0.2, 0) is 11.8 Å². The third-order valence-corrected chi connectivity index (χ3v) is 5.08. The Bertz CT molecular complexity index is 863. The van der Waals surface area contributed by atoms with E-state index in [-0.39, 0.29) is 23.8 Å². The van der Waals surface area contributed by atoms with E-state index in [0.717, 1.165) is 11.3 Å². The van der Waals surface area contributed by atoms with Gasteiger partial charge in [0.1, 0.15) is 11.6 Å². The Hall–Kier alpha value is -2.28. The summed E-state index contributed by atoms with van der Waals surface area (Å²) >= 11 is 1.47. The van der Waals surface area contributed by atoms with Crippen LogP contribution < -0.4 is 15.6 Å². The van der Waals surface area contributed by atoms with Gasteiger partial charge in [-0.05, 0) is 18.7 Å². The highest BCUT2D eigenvalue weighted by molar-refractivity contribution is 7.99. The Morgan fingerprint density at radius 2 is 2.08 bits per heavy atom. The first-order valence-electron chi connectivity index (χ1n) is 8.32. The molecular formula is C18H21N3O3S. The van der Waals surface area contributed by atoms with Crippen LogP contribution in [0.15, 0.2) is 34.2 Å². The van der Waals surface area contributed by atoms with E-state index in [1.165, 1.54) is 11.8 Å². The number of nitrogens with zero attached hydrogens (tertiary/aromatic N) is 2. The normalized spacial score (nSPS) is 16.3. The van der Waals surface area contributed by atoms with E-state index in [4.69, 9.17) is 4.74 Å². The summed E-state index contributed by atoms with van der Waals surface area (Å²) in [6, 6.07) is 7.55. The van der Waals surface area contributed by atoms with E-state index in [1.54, 1.807) is 4.57 Å². The van der Waals surface area contributed by atoms with Gasteiger partial charge in [-0.3, -0.25) is 9.59 Å². The lowest BCUT2D eigenvalue weighted by atomic mass is 9.86. The van der Waals surface area contributed by atoms with Gasteiger partial charge in [-0.25, -0.2) is 0 Å². The third-order valence-electron chi connectivity index (χ3n) is 4.17. The van der Waals surface area contributed by atoms with Crippen molar-refractivity contribution in [2.24, 2.45) is 7.05 Å². The number of benzene rings is 1. The third kappa shape index (κ3) is 3.28. The van der Waals surface area contributed by atoms with E-state index in [1.807, 2.05) is 45.2 Å². The molecule has 2 aromatic rings. The maximum Gasteiger partial charge on any atom is 0.279 e. The molecule has 1 amide bonds. The fourth-order valence-corrected chi connectivity index (χ4v) is 3.81. The first kappa shape index (κ1) is 17.5. The molecule has 1 N–H and O–H groups in total. The minimum Gasteiger partial charge on any atom is -0.494 e. The van der Waals surface area contributed by atoms with E-state index in [9.17, 15) is 9.59 Å². The van der Waals surface area contributed by atoms with Crippen LogP contribution in [0.3, 0.4) is 0 Å². The number of rotatable bonds is 5. The number of fused-ring (bicyclic) bond motifs is 1. The Morgan fingerprint density at radius 1 is 1.32 bits per heavy atom. The molecule has 1 aliphatic rings. The zero-order valence-electron chi connectivity index (χ0n) is 14.5. The first-order chi connectivity index (χ1) is 12.1. The van der Waals surface area contributed by atoms with Crippen molar-refractivity contribution in [2.45, 2.75) is 31.3 Å². The van der Waals surface area contributed by atoms with Crippen molar-refractivity contribution in [1.29, 1.82) is 0 Å². The molecule has 0 spiro atoms. The Kier molecular flexibility index (Phi) is 5.13. The van der Waals surface area contributed by atoms with E-state index in [0.29, 0.717) is 28.9 Å². The maximum absolute atomic E-state index is 12.7. The number of carbonyl (C=O) groups is 1. The molecule has 1 atom stereocenters. The van der Waals surface area contributed by atoms with Crippen LogP contribution in [0.2, 0.25) is 0 Å². The molecule has 0 radical (unpaired) electrons. The molecule has 0 fully saturated rings. The molecule has 6 nitrogen and oxygen atoms in total. The lowest BCUT2D eigenvalue weighted by Crippen LogP contribution is -2.33. The molecule has 7 heteroatoms. The summed E-state index contributed by atoms with van der Waals surface area (Å²) in [5, 5.41) is 3.45. The van der Waals surface area contributed by atoms with Crippen molar-refractivity contribution in [3.05, 3.63) is 45.7 Å². The first-order valence-corrected chi connectivity index (χ1v) is 9.30. The second kappa shape index (κ2) is 7.31. The largest absolute Gasteiger partial charge is 0.494 e. The molecule has 1 aliphatic heterocycles. The average Bonchev–Trinajstić information content (AvgIpc) is 2.59. The van der Waals surface area contributed by atoms with Gasteiger partial charge in [-0.1, -0.05) is 36.9 Å². The summed E-state index contributed by atoms with van der Waals surface area (Å²) < 4.78 is 7.50. The van der Waals surface area contributed by atoms with Gasteiger partial charge in [0.2, 0.25) is 5.91 Å². The van der Waals surface area contributed by atoms with Crippen molar-refractivity contribution in [1.82, 2.24) is 9.55 Å². The molecule has 0 bridgehead atoms. The molecular weight excluding hydrogens is 338 g/mol. The minimum absolute atomic E-state index is 0.113. The lowest BCUT2D eigenvalue weighted by molar-refractivity contribution is -0.116. The molecule has 1 aromatic carbocycles. The summed E-state index contributed by atoms with van der Waals surface area (Å²) in [6.07, 6.45) is 0.203. The van der Waals surface area contributed by atoms with Gasteiger partial charge in [-0.15, -0.1) is 0 Å². The standard InChI is InChI=1S/C18H21N3O3S/c1-4-24-13-9-7-6-8-11(13)12-10-14(22)19-16-15(12)17(23)20-18(21(16)3)25-5-2/h6-9,12H,4-5,10H2,1-3H3,(H,19,22). The Balaban J connectivity index is 2.19. The number of thioether (sulfide) groups is 1. The van der Waals surface area contributed by atoms with Gasteiger partial charge in [0, 0.05) is 24.9 Å². The summed E-state index contributed by atoms with van der Waals surface area (Å²) in [7, 11) is 1.82. The smallest absolute Gasteiger partial charge is 0.279 e. The van der Waals surface area contributed by atoms with Gasteiger partial charge in [0.15, 0.2) is 5.16 Å². The zero-order chi connectivity index (χ0) is 18.0. The van der Waals surface area contributed by atoms with Gasteiger partial charge >= 0.3 is 0 Å². The molecule has 132 valence electrons. The Labute approximate surface area is 150 Å². The highest BCUT2D eigenvalue weighted by Gasteiger charge is 2.33. The van der Waals surface area contributed by atoms with Crippen molar-refractivity contribution in [3.8, 4) is 5.75 Å². The molecule has 1 unspecified atom stereocenters. The van der Waals surface area contributed by atoms with Crippen molar-refractivity contribution >= 4 is 23.5 Å². The molecule has 3 rings (SSSR count). The SMILES string of the molecule is CCOc1ccccc1C1CC(=O)Nc2c1c(=O)nc(SCC)n2C. The topological polar surface area (TPSA) is 73.2 Å². The number of ether oxygens (including phenoxy) is 1. The van der Waals surface area contributed by atoms with E-state index in [2.05, 4.69) is 10.3 Å². The van der Waals surface area contributed by atoms with E-state index >= 15 is 0 Å². The number of hydrogen-bond acceptors (Lipinski definition) is 5. The molecule has 25 heavy (non-hydrogen) atoms. The summed E-state index contributed by atoms with van der Waals surface area (Å²) in [5.41, 5.74) is 1.07. The molecule has 2 heterocycles. The predicted octanol–water partition coefficient (Wildman–Crippen LogP) is 2.77. The molecule has 0 saturated carbocycles. The summed E-state index contributed by atoms with van der Waals surface area (Å²) in [5.74, 6) is 1.55. The quantitative estimate of drug-likeness (QED) is 0.656. The van der Waals surface area contributed by atoms with Gasteiger partial charge in [0.25, 0.3) is 5.56 Å². The fourth-order valence-electron chi connectivity index (χ4n) is 3.11. The van der Waals surface area contributed by atoms with Gasteiger partial charge in [-0.2, -0.15) is 4.98 Å². The number of para-hydroxylation sites is 1. The Morgan fingerprint density at radius 3 is 2.80 bits per heavy atom. The number of anilines is 1. The average molecular weight is 359 g/mol. The highest BCUT2D eigenvalue weighted by Crippen LogP contribution is 2.39. The molecule has 0 aliphatic carbocycles. The highest BCUT2D eigenvalue weighted by atomic mass is 32.2. The van der Waals surface area contributed by atoms with Crippen LogP contribution in [0, 0.1) is 0 Å². The summed E-state index contributed by atoms with van der Waals surface area (Å²) in [6.45, 7) is 4.42. The van der Waals surface area contributed by atoms with Gasteiger partial charge in [0.05, 0.1) is 12.2 Å². The van der Waals surface area contributed by atoms with Crippen LogP contribution in [0.25, 0.3) is 0 Å². The minimum atomic E-state index is -0.363. The van der Waals surface area contributed by atoms with Crippen LogP contribution in [0.1, 0.15) is 37.3 Å². The lowest BCUT2D eigenvalue weighted by Gasteiger charge is -2.28. The number of nitrogens with one attached hydrogen (secondary N) is 1. The van der Waals surface area contributed by atoms with Crippen LogP contribution in [0.4, 0.5) is 5.82 Å². The number of aromatic nitrogens is 2. The van der Waals surface area contributed by atoms with Crippen LogP contribution in [-0.4, -0.2) is 27.8 Å². The number of hydrogen-bond donors (Lipinski definition) is 1. The summed E-state index contributed by atoms with van der Waals surface area (Å²) in [4.78, 5) is 29.3. The molecule has 1 aromatic heterocycles. The fraction of sp³-hybridized carbons (Fsp3) is 0.389. The van der Waals surface area contributed by atoms with E-state index < -0.39 is 0 Å². The van der Waals surface area contributed by atoms with Crippen molar-refractivity contribution in [2.75, 3.05) is 17.7 Å². The second-order valence-electron chi connectivity index (χ2n) is 5.73. The number of carbonyl (C=O) groups excluding carboxylic acids is 1. The predicted molar refractivity (Wildman–Crippen MR) is 98.6 cm³/mol. The van der Waals surface area contributed by atoms with Crippen LogP contribution >= 0.6 is 11.8 Å². The molecule has 0 saturated heterocycles. The zero-order valence-corrected chi connectivity index (χ0v) is 15.4. The van der Waals surface area contributed by atoms with Crippen molar-refractivity contribution in [3.63, 3.8) is 0 Å². The van der Waals surface area contributed by atoms with Crippen LogP contribution in [0.5, 0.6) is 5.75 Å². The second-order valence-corrected chi connectivity index (χ2v) is 6.96. The van der Waals surface area contributed by atoms with Gasteiger partial charge < -0.3 is 14.6 Å².